The smallest absolute Gasteiger partial charge is 0.131 e. The Hall–Kier alpha value is -2.74. The molecule has 0 atom stereocenters. The van der Waals surface area contributed by atoms with E-state index in [1.807, 2.05) is 30.3 Å². The molecule has 0 radical (unpaired) electrons. The van der Waals surface area contributed by atoms with Crippen LogP contribution >= 0.6 is 0 Å². The average molecular weight is 403 g/mol. The lowest BCUT2D eigenvalue weighted by molar-refractivity contribution is 0.591. The molecule has 0 nitrogen and oxygen atoms in total. The molecule has 4 rings (SSSR count). The van der Waals surface area contributed by atoms with Gasteiger partial charge in [0.2, 0.25) is 0 Å². The minimum Gasteiger partial charge on any atom is -0.207 e. The van der Waals surface area contributed by atoms with Gasteiger partial charge in [-0.15, -0.1) is 0 Å². The number of benzene rings is 4. The van der Waals surface area contributed by atoms with E-state index < -0.39 is 0 Å². The Morgan fingerprint density at radius 2 is 1.30 bits per heavy atom. The first-order chi connectivity index (χ1) is 14.0. The SMILES string of the molecule is CC(C)(C)c1c(-c2ccc3c(F)ccc(C(C)(C)C)c3c2)ccc2ccc(F)cc12. The van der Waals surface area contributed by atoms with E-state index in [-0.39, 0.29) is 22.5 Å². The third-order valence-electron chi connectivity index (χ3n) is 5.82. The van der Waals surface area contributed by atoms with Gasteiger partial charge in [-0.2, -0.15) is 0 Å². The van der Waals surface area contributed by atoms with Gasteiger partial charge in [0.25, 0.3) is 0 Å². The summed E-state index contributed by atoms with van der Waals surface area (Å²) < 4.78 is 28.7. The molecule has 154 valence electrons. The summed E-state index contributed by atoms with van der Waals surface area (Å²) in [4.78, 5) is 0. The summed E-state index contributed by atoms with van der Waals surface area (Å²) in [5.41, 5.74) is 4.01. The highest BCUT2D eigenvalue weighted by molar-refractivity contribution is 5.96. The molecule has 4 aromatic carbocycles. The minimum atomic E-state index is -0.235. The first-order valence-corrected chi connectivity index (χ1v) is 10.4. The molecule has 0 heterocycles. The Morgan fingerprint density at radius 1 is 0.600 bits per heavy atom. The highest BCUT2D eigenvalue weighted by atomic mass is 19.1. The van der Waals surface area contributed by atoms with Crippen LogP contribution in [0.2, 0.25) is 0 Å². The van der Waals surface area contributed by atoms with Crippen molar-refractivity contribution in [3.8, 4) is 11.1 Å². The summed E-state index contributed by atoms with van der Waals surface area (Å²) in [6.07, 6.45) is 0. The summed E-state index contributed by atoms with van der Waals surface area (Å²) in [5, 5.41) is 3.51. The summed E-state index contributed by atoms with van der Waals surface area (Å²) in [7, 11) is 0. The summed E-state index contributed by atoms with van der Waals surface area (Å²) in [6.45, 7) is 12.9. The van der Waals surface area contributed by atoms with Crippen molar-refractivity contribution < 1.29 is 8.78 Å². The van der Waals surface area contributed by atoms with E-state index >= 15 is 0 Å². The van der Waals surface area contributed by atoms with E-state index in [2.05, 4.69) is 53.7 Å². The quantitative estimate of drug-likeness (QED) is 0.299. The van der Waals surface area contributed by atoms with Gasteiger partial charge in [0.1, 0.15) is 11.6 Å². The Morgan fingerprint density at radius 3 is 1.97 bits per heavy atom. The molecular weight excluding hydrogens is 374 g/mol. The van der Waals surface area contributed by atoms with Gasteiger partial charge in [-0.3, -0.25) is 0 Å². The zero-order valence-corrected chi connectivity index (χ0v) is 18.5. The molecule has 0 unspecified atom stereocenters. The molecule has 4 aromatic rings. The molecule has 0 aliphatic heterocycles. The third-order valence-corrected chi connectivity index (χ3v) is 5.82. The van der Waals surface area contributed by atoms with Crippen LogP contribution in [0.4, 0.5) is 8.78 Å². The van der Waals surface area contributed by atoms with Crippen molar-refractivity contribution in [1.82, 2.24) is 0 Å². The topological polar surface area (TPSA) is 0 Å². The molecular formula is C28H28F2. The molecule has 30 heavy (non-hydrogen) atoms. The lowest BCUT2D eigenvalue weighted by Gasteiger charge is -2.26. The van der Waals surface area contributed by atoms with Crippen LogP contribution in [-0.2, 0) is 10.8 Å². The zero-order chi connectivity index (χ0) is 21.8. The Balaban J connectivity index is 2.08. The van der Waals surface area contributed by atoms with Gasteiger partial charge < -0.3 is 0 Å². The summed E-state index contributed by atoms with van der Waals surface area (Å²) >= 11 is 0. The highest BCUT2D eigenvalue weighted by Gasteiger charge is 2.24. The summed E-state index contributed by atoms with van der Waals surface area (Å²) in [6, 6.07) is 18.5. The minimum absolute atomic E-state index is 0.107. The van der Waals surface area contributed by atoms with E-state index in [1.165, 1.54) is 6.07 Å². The van der Waals surface area contributed by atoms with Crippen molar-refractivity contribution in [3.05, 3.63) is 83.4 Å². The van der Waals surface area contributed by atoms with Crippen LogP contribution in [-0.4, -0.2) is 0 Å². The molecule has 0 bridgehead atoms. The molecule has 0 saturated heterocycles. The predicted octanol–water partition coefficient (Wildman–Crippen LogP) is 8.53. The van der Waals surface area contributed by atoms with Crippen molar-refractivity contribution in [1.29, 1.82) is 0 Å². The molecule has 0 amide bonds. The molecule has 0 N–H and O–H groups in total. The normalized spacial score (nSPS) is 12.7. The maximum absolute atomic E-state index is 14.6. The van der Waals surface area contributed by atoms with Crippen LogP contribution in [0.25, 0.3) is 32.7 Å². The van der Waals surface area contributed by atoms with Crippen molar-refractivity contribution in [3.63, 3.8) is 0 Å². The van der Waals surface area contributed by atoms with E-state index in [0.717, 1.165) is 38.4 Å². The van der Waals surface area contributed by atoms with Crippen LogP contribution in [0.15, 0.2) is 60.7 Å². The highest BCUT2D eigenvalue weighted by Crippen LogP contribution is 2.41. The maximum atomic E-state index is 14.6. The first kappa shape index (κ1) is 20.5. The average Bonchev–Trinajstić information content (AvgIpc) is 2.65. The molecule has 0 aliphatic carbocycles. The molecule has 0 spiro atoms. The van der Waals surface area contributed by atoms with Gasteiger partial charge >= 0.3 is 0 Å². The van der Waals surface area contributed by atoms with Gasteiger partial charge in [-0.25, -0.2) is 8.78 Å². The van der Waals surface area contributed by atoms with Crippen LogP contribution in [0.3, 0.4) is 0 Å². The second-order valence-corrected chi connectivity index (χ2v) is 10.2. The van der Waals surface area contributed by atoms with Crippen LogP contribution in [0.5, 0.6) is 0 Å². The number of hydrogen-bond acceptors (Lipinski definition) is 0. The predicted molar refractivity (Wildman–Crippen MR) is 124 cm³/mol. The van der Waals surface area contributed by atoms with Crippen LogP contribution < -0.4 is 0 Å². The van der Waals surface area contributed by atoms with E-state index in [1.54, 1.807) is 12.1 Å². The second kappa shape index (κ2) is 6.91. The Labute approximate surface area is 177 Å². The fraction of sp³-hybridized carbons (Fsp3) is 0.286. The lowest BCUT2D eigenvalue weighted by atomic mass is 9.78. The molecule has 0 saturated carbocycles. The number of rotatable bonds is 1. The van der Waals surface area contributed by atoms with Gasteiger partial charge in [0, 0.05) is 5.39 Å². The summed E-state index contributed by atoms with van der Waals surface area (Å²) in [5.74, 6) is -0.443. The van der Waals surface area contributed by atoms with Crippen molar-refractivity contribution >= 4 is 21.5 Å². The maximum Gasteiger partial charge on any atom is 0.131 e. The van der Waals surface area contributed by atoms with Gasteiger partial charge in [-0.1, -0.05) is 77.9 Å². The van der Waals surface area contributed by atoms with Crippen molar-refractivity contribution in [2.45, 2.75) is 52.4 Å². The molecule has 0 fully saturated rings. The fourth-order valence-electron chi connectivity index (χ4n) is 4.47. The fourth-order valence-corrected chi connectivity index (χ4v) is 4.47. The van der Waals surface area contributed by atoms with Crippen LogP contribution in [0.1, 0.15) is 52.7 Å². The van der Waals surface area contributed by atoms with E-state index in [4.69, 9.17) is 0 Å². The molecule has 0 aromatic heterocycles. The Kier molecular flexibility index (Phi) is 4.73. The molecule has 0 aliphatic rings. The van der Waals surface area contributed by atoms with Crippen LogP contribution in [0, 0.1) is 11.6 Å². The lowest BCUT2D eigenvalue weighted by Crippen LogP contribution is -2.14. The van der Waals surface area contributed by atoms with Crippen molar-refractivity contribution in [2.75, 3.05) is 0 Å². The number of fused-ring (bicyclic) bond motifs is 2. The largest absolute Gasteiger partial charge is 0.207 e. The number of hydrogen-bond donors (Lipinski definition) is 0. The molecule has 2 heteroatoms. The Bertz CT molecular complexity index is 1270. The number of halogens is 2. The van der Waals surface area contributed by atoms with Gasteiger partial charge in [-0.05, 0) is 73.5 Å². The van der Waals surface area contributed by atoms with Crippen molar-refractivity contribution in [2.24, 2.45) is 0 Å². The third kappa shape index (κ3) is 3.49. The second-order valence-electron chi connectivity index (χ2n) is 10.2. The zero-order valence-electron chi connectivity index (χ0n) is 18.5. The monoisotopic (exact) mass is 402 g/mol. The van der Waals surface area contributed by atoms with Gasteiger partial charge in [0.15, 0.2) is 0 Å². The standard InChI is InChI=1S/C28H28F2/c1-27(2,3)24-13-14-25(30)21-12-9-18(15-23(21)24)20-11-8-17-7-10-19(29)16-22(17)26(20)28(4,5)6/h7-16H,1-6H3. The van der Waals surface area contributed by atoms with Gasteiger partial charge in [0.05, 0.1) is 0 Å². The van der Waals surface area contributed by atoms with E-state index in [9.17, 15) is 8.78 Å². The van der Waals surface area contributed by atoms with E-state index in [0.29, 0.717) is 5.39 Å². The first-order valence-electron chi connectivity index (χ1n) is 10.4.